The van der Waals surface area contributed by atoms with E-state index < -0.39 is 5.25 Å². The van der Waals surface area contributed by atoms with Crippen LogP contribution in [0.3, 0.4) is 0 Å². The van der Waals surface area contributed by atoms with Crippen LogP contribution in [0.2, 0.25) is 0 Å². The second kappa shape index (κ2) is 9.89. The molecule has 0 aliphatic rings. The van der Waals surface area contributed by atoms with Crippen molar-refractivity contribution in [3.8, 4) is 11.5 Å². The highest BCUT2D eigenvalue weighted by molar-refractivity contribution is 8.00. The number of amides is 2. The number of thioether (sulfide) groups is 1. The Labute approximate surface area is 178 Å². The monoisotopic (exact) mass is 426 g/mol. The molecule has 0 saturated carbocycles. The number of rotatable bonds is 8. The minimum Gasteiger partial charge on any atom is -0.497 e. The smallest absolute Gasteiger partial charge is 0.291 e. The zero-order valence-electron chi connectivity index (χ0n) is 16.8. The number of anilines is 2. The molecular formula is C22H22N2O5S. The van der Waals surface area contributed by atoms with E-state index in [1.807, 2.05) is 12.1 Å². The number of benzene rings is 2. The molecule has 0 fully saturated rings. The van der Waals surface area contributed by atoms with E-state index in [0.717, 1.165) is 4.90 Å². The molecule has 1 unspecified atom stereocenters. The molecule has 30 heavy (non-hydrogen) atoms. The molecule has 8 heteroatoms. The summed E-state index contributed by atoms with van der Waals surface area (Å²) in [7, 11) is 3.10. The Morgan fingerprint density at radius 3 is 2.53 bits per heavy atom. The van der Waals surface area contributed by atoms with Crippen molar-refractivity contribution in [2.45, 2.75) is 17.1 Å². The largest absolute Gasteiger partial charge is 0.497 e. The summed E-state index contributed by atoms with van der Waals surface area (Å²) in [5.41, 5.74) is 1.15. The van der Waals surface area contributed by atoms with E-state index in [-0.39, 0.29) is 17.6 Å². The minimum absolute atomic E-state index is 0.184. The minimum atomic E-state index is -0.392. The standard InChI is InChI=1S/C22H22N2O5S/c1-14(21(25)24-18-13-16(27-2)9-10-19(18)28-3)30-17-7-4-6-15(12-17)23-22(26)20-8-5-11-29-20/h4-14H,1-3H3,(H,23,26)(H,24,25). The van der Waals surface area contributed by atoms with Gasteiger partial charge in [-0.3, -0.25) is 9.59 Å². The van der Waals surface area contributed by atoms with Gasteiger partial charge in [-0.15, -0.1) is 11.8 Å². The van der Waals surface area contributed by atoms with Crippen molar-refractivity contribution >= 4 is 35.0 Å². The van der Waals surface area contributed by atoms with Gasteiger partial charge in [0.15, 0.2) is 5.76 Å². The fourth-order valence-corrected chi connectivity index (χ4v) is 3.58. The van der Waals surface area contributed by atoms with Crippen molar-refractivity contribution < 1.29 is 23.5 Å². The van der Waals surface area contributed by atoms with Gasteiger partial charge in [0.25, 0.3) is 5.91 Å². The molecule has 1 aromatic heterocycles. The quantitative estimate of drug-likeness (QED) is 0.509. The third kappa shape index (κ3) is 5.36. The summed E-state index contributed by atoms with van der Waals surface area (Å²) in [5, 5.41) is 5.26. The first-order valence-electron chi connectivity index (χ1n) is 9.14. The highest BCUT2D eigenvalue weighted by atomic mass is 32.2. The molecule has 3 rings (SSSR count). The molecule has 0 bridgehead atoms. The molecule has 0 spiro atoms. The zero-order chi connectivity index (χ0) is 21.5. The third-order valence-corrected chi connectivity index (χ3v) is 5.28. The summed E-state index contributed by atoms with van der Waals surface area (Å²) in [5.74, 6) is 0.873. The molecule has 0 saturated heterocycles. The van der Waals surface area contributed by atoms with E-state index in [9.17, 15) is 9.59 Å². The fourth-order valence-electron chi connectivity index (χ4n) is 2.65. The molecule has 1 atom stereocenters. The normalized spacial score (nSPS) is 11.4. The Bertz CT molecular complexity index is 1020. The topological polar surface area (TPSA) is 89.8 Å². The summed E-state index contributed by atoms with van der Waals surface area (Å²) in [6, 6.07) is 15.7. The SMILES string of the molecule is COc1ccc(OC)c(NC(=O)C(C)Sc2cccc(NC(=O)c3ccco3)c2)c1. The Morgan fingerprint density at radius 1 is 1.00 bits per heavy atom. The van der Waals surface area contributed by atoms with Crippen LogP contribution in [0.15, 0.2) is 70.2 Å². The second-order valence-corrected chi connectivity index (χ2v) is 7.69. The zero-order valence-corrected chi connectivity index (χ0v) is 17.6. The van der Waals surface area contributed by atoms with Gasteiger partial charge in [0, 0.05) is 16.6 Å². The average molecular weight is 426 g/mol. The molecule has 1 heterocycles. The van der Waals surface area contributed by atoms with Gasteiger partial charge in [-0.2, -0.15) is 0 Å². The highest BCUT2D eigenvalue weighted by Gasteiger charge is 2.17. The van der Waals surface area contributed by atoms with Crippen LogP contribution in [0, 0.1) is 0 Å². The fraction of sp³-hybridized carbons (Fsp3) is 0.182. The maximum absolute atomic E-state index is 12.7. The van der Waals surface area contributed by atoms with Crippen LogP contribution in [0.4, 0.5) is 11.4 Å². The van der Waals surface area contributed by atoms with E-state index in [2.05, 4.69) is 10.6 Å². The molecule has 156 valence electrons. The number of furan rings is 1. The van der Waals surface area contributed by atoms with Crippen LogP contribution in [0.25, 0.3) is 0 Å². The van der Waals surface area contributed by atoms with E-state index in [4.69, 9.17) is 13.9 Å². The summed E-state index contributed by atoms with van der Waals surface area (Å²) in [4.78, 5) is 25.7. The molecule has 0 aliphatic heterocycles. The number of ether oxygens (including phenoxy) is 2. The number of carbonyl (C=O) groups excluding carboxylic acids is 2. The lowest BCUT2D eigenvalue weighted by Crippen LogP contribution is -2.22. The molecule has 2 aromatic carbocycles. The molecule has 7 nitrogen and oxygen atoms in total. The van der Waals surface area contributed by atoms with E-state index in [1.54, 1.807) is 56.5 Å². The van der Waals surface area contributed by atoms with Crippen molar-refractivity contribution in [2.75, 3.05) is 24.9 Å². The molecule has 3 aromatic rings. The maximum Gasteiger partial charge on any atom is 0.291 e. The Morgan fingerprint density at radius 2 is 1.83 bits per heavy atom. The predicted molar refractivity (Wildman–Crippen MR) is 117 cm³/mol. The summed E-state index contributed by atoms with van der Waals surface area (Å²) in [6.07, 6.45) is 1.44. The molecular weight excluding hydrogens is 404 g/mol. The van der Waals surface area contributed by atoms with Gasteiger partial charge in [0.2, 0.25) is 5.91 Å². The first kappa shape index (κ1) is 21.3. The van der Waals surface area contributed by atoms with E-state index >= 15 is 0 Å². The lowest BCUT2D eigenvalue weighted by Gasteiger charge is -2.15. The van der Waals surface area contributed by atoms with Gasteiger partial charge >= 0.3 is 0 Å². The van der Waals surface area contributed by atoms with Crippen molar-refractivity contribution in [2.24, 2.45) is 0 Å². The van der Waals surface area contributed by atoms with Gasteiger partial charge in [0.1, 0.15) is 11.5 Å². The first-order chi connectivity index (χ1) is 14.5. The molecule has 2 N–H and O–H groups in total. The van der Waals surface area contributed by atoms with Crippen LogP contribution in [-0.2, 0) is 4.79 Å². The Hall–Kier alpha value is -3.39. The van der Waals surface area contributed by atoms with Crippen LogP contribution >= 0.6 is 11.8 Å². The van der Waals surface area contributed by atoms with Crippen molar-refractivity contribution in [1.29, 1.82) is 0 Å². The van der Waals surface area contributed by atoms with Crippen LogP contribution in [0.5, 0.6) is 11.5 Å². The Kier molecular flexibility index (Phi) is 7.03. The summed E-state index contributed by atoms with van der Waals surface area (Å²) in [6.45, 7) is 1.81. The van der Waals surface area contributed by atoms with Crippen molar-refractivity contribution in [3.05, 3.63) is 66.6 Å². The number of carbonyl (C=O) groups is 2. The highest BCUT2D eigenvalue weighted by Crippen LogP contribution is 2.31. The molecule has 2 amide bonds. The first-order valence-corrected chi connectivity index (χ1v) is 10.0. The average Bonchev–Trinajstić information content (AvgIpc) is 3.29. The van der Waals surface area contributed by atoms with Gasteiger partial charge < -0.3 is 24.5 Å². The third-order valence-electron chi connectivity index (χ3n) is 4.18. The lowest BCUT2D eigenvalue weighted by molar-refractivity contribution is -0.115. The molecule has 0 radical (unpaired) electrons. The maximum atomic E-state index is 12.7. The van der Waals surface area contributed by atoms with Gasteiger partial charge in [0.05, 0.1) is 31.4 Å². The van der Waals surface area contributed by atoms with Gasteiger partial charge in [-0.1, -0.05) is 6.07 Å². The number of hydrogen-bond donors (Lipinski definition) is 2. The van der Waals surface area contributed by atoms with Gasteiger partial charge in [-0.05, 0) is 49.4 Å². The van der Waals surface area contributed by atoms with Crippen molar-refractivity contribution in [3.63, 3.8) is 0 Å². The number of hydrogen-bond acceptors (Lipinski definition) is 6. The Balaban J connectivity index is 1.65. The van der Waals surface area contributed by atoms with Crippen LogP contribution in [0.1, 0.15) is 17.5 Å². The summed E-state index contributed by atoms with van der Waals surface area (Å²) < 4.78 is 15.6. The lowest BCUT2D eigenvalue weighted by atomic mass is 10.2. The van der Waals surface area contributed by atoms with Crippen molar-refractivity contribution in [1.82, 2.24) is 0 Å². The summed E-state index contributed by atoms with van der Waals surface area (Å²) >= 11 is 1.37. The predicted octanol–water partition coefficient (Wildman–Crippen LogP) is 4.67. The number of methoxy groups -OCH3 is 2. The number of nitrogens with one attached hydrogen (secondary N) is 2. The second-order valence-electron chi connectivity index (χ2n) is 6.27. The van der Waals surface area contributed by atoms with Crippen LogP contribution in [-0.4, -0.2) is 31.3 Å². The van der Waals surface area contributed by atoms with E-state index in [0.29, 0.717) is 22.9 Å². The molecule has 0 aliphatic carbocycles. The van der Waals surface area contributed by atoms with E-state index in [1.165, 1.54) is 25.1 Å². The van der Waals surface area contributed by atoms with Crippen LogP contribution < -0.4 is 20.1 Å². The van der Waals surface area contributed by atoms with Gasteiger partial charge in [-0.25, -0.2) is 0 Å².